The van der Waals surface area contributed by atoms with Gasteiger partial charge in [-0.25, -0.2) is 5.10 Å². The number of carbonyl (C=O) groups is 1. The third kappa shape index (κ3) is 4.39. The highest BCUT2D eigenvalue weighted by Crippen LogP contribution is 2.13. The predicted molar refractivity (Wildman–Crippen MR) is 91.6 cm³/mol. The highest BCUT2D eigenvalue weighted by Gasteiger charge is 2.19. The van der Waals surface area contributed by atoms with Crippen molar-refractivity contribution < 1.29 is 4.79 Å². The maximum atomic E-state index is 12.6. The third-order valence-electron chi connectivity index (χ3n) is 3.59. The average molecular weight is 316 g/mol. The van der Waals surface area contributed by atoms with Crippen molar-refractivity contribution >= 4 is 16.7 Å². The number of nitrogens with zero attached hydrogens (tertiary/aromatic N) is 2. The minimum absolute atomic E-state index is 0.0324. The molecule has 0 bridgehead atoms. The monoisotopic (exact) mass is 316 g/mol. The van der Waals surface area contributed by atoms with Crippen molar-refractivity contribution in [3.05, 3.63) is 40.3 Å². The van der Waals surface area contributed by atoms with Gasteiger partial charge in [0.05, 0.1) is 5.39 Å². The Morgan fingerprint density at radius 3 is 2.52 bits per heavy atom. The van der Waals surface area contributed by atoms with E-state index in [1.54, 1.807) is 24.3 Å². The van der Waals surface area contributed by atoms with E-state index in [1.165, 1.54) is 0 Å². The zero-order chi connectivity index (χ0) is 17.0. The van der Waals surface area contributed by atoms with Crippen LogP contribution in [0.1, 0.15) is 30.8 Å². The first-order valence-corrected chi connectivity index (χ1v) is 7.81. The molecular formula is C17H24N4O2. The van der Waals surface area contributed by atoms with Gasteiger partial charge in [0.15, 0.2) is 5.69 Å². The number of carbonyl (C=O) groups excluding carboxylic acids is 1. The topological polar surface area (TPSA) is 78.1 Å². The molecule has 2 rings (SSSR count). The van der Waals surface area contributed by atoms with E-state index in [0.717, 1.165) is 13.0 Å². The molecule has 6 nitrogen and oxygen atoms in total. The van der Waals surface area contributed by atoms with Gasteiger partial charge in [-0.3, -0.25) is 9.59 Å². The number of hydrogen-bond acceptors (Lipinski definition) is 4. The molecule has 1 aromatic heterocycles. The molecule has 0 aliphatic rings. The minimum atomic E-state index is -0.288. The largest absolute Gasteiger partial charge is 0.347 e. The van der Waals surface area contributed by atoms with Crippen molar-refractivity contribution in [3.63, 3.8) is 0 Å². The van der Waals surface area contributed by atoms with Gasteiger partial charge >= 0.3 is 0 Å². The molecule has 0 aliphatic carbocycles. The lowest BCUT2D eigenvalue weighted by atomic mass is 10.0. The summed E-state index contributed by atoms with van der Waals surface area (Å²) in [6, 6.07) is 7.04. The molecule has 23 heavy (non-hydrogen) atoms. The van der Waals surface area contributed by atoms with E-state index in [0.29, 0.717) is 16.7 Å². The van der Waals surface area contributed by atoms with Crippen molar-refractivity contribution in [1.82, 2.24) is 20.4 Å². The highest BCUT2D eigenvalue weighted by molar-refractivity contribution is 6.04. The van der Waals surface area contributed by atoms with E-state index >= 15 is 0 Å². The molecule has 1 heterocycles. The van der Waals surface area contributed by atoms with Crippen LogP contribution in [-0.2, 0) is 0 Å². The number of fused-ring (bicyclic) bond motifs is 1. The van der Waals surface area contributed by atoms with Crippen molar-refractivity contribution in [2.24, 2.45) is 5.92 Å². The van der Waals surface area contributed by atoms with E-state index in [9.17, 15) is 9.59 Å². The number of H-pyrrole nitrogens is 1. The van der Waals surface area contributed by atoms with Crippen molar-refractivity contribution in [1.29, 1.82) is 0 Å². The van der Waals surface area contributed by atoms with E-state index in [-0.39, 0.29) is 23.2 Å². The van der Waals surface area contributed by atoms with Crippen LogP contribution in [0.3, 0.4) is 0 Å². The van der Waals surface area contributed by atoms with Crippen LogP contribution in [0.5, 0.6) is 0 Å². The second kappa shape index (κ2) is 7.37. The summed E-state index contributed by atoms with van der Waals surface area (Å²) in [6.07, 6.45) is 0.880. The Kier molecular flexibility index (Phi) is 5.50. The van der Waals surface area contributed by atoms with E-state index in [4.69, 9.17) is 0 Å². The average Bonchev–Trinajstić information content (AvgIpc) is 2.46. The Labute approximate surface area is 135 Å². The molecule has 2 aromatic rings. The third-order valence-corrected chi connectivity index (χ3v) is 3.59. The molecule has 1 amide bonds. The molecule has 0 saturated carbocycles. The van der Waals surface area contributed by atoms with Gasteiger partial charge in [-0.15, -0.1) is 0 Å². The highest BCUT2D eigenvalue weighted by atomic mass is 16.2. The van der Waals surface area contributed by atoms with Crippen LogP contribution < -0.4 is 10.9 Å². The molecule has 0 spiro atoms. The van der Waals surface area contributed by atoms with Crippen LogP contribution in [0.2, 0.25) is 0 Å². The van der Waals surface area contributed by atoms with Crippen LogP contribution in [0, 0.1) is 5.92 Å². The number of aromatic nitrogens is 2. The second-order valence-corrected chi connectivity index (χ2v) is 6.51. The number of nitrogens with one attached hydrogen (secondary N) is 2. The Bertz CT molecular complexity index is 727. The number of amides is 1. The van der Waals surface area contributed by atoms with Crippen molar-refractivity contribution in [2.45, 2.75) is 26.3 Å². The Balaban J connectivity index is 2.29. The summed E-state index contributed by atoms with van der Waals surface area (Å²) in [5.74, 6) is 0.213. The van der Waals surface area contributed by atoms with Gasteiger partial charge in [-0.2, -0.15) is 5.10 Å². The minimum Gasteiger partial charge on any atom is -0.347 e. The molecule has 0 aliphatic heterocycles. The fraction of sp³-hybridized carbons (Fsp3) is 0.471. The molecule has 1 unspecified atom stereocenters. The van der Waals surface area contributed by atoms with Crippen LogP contribution >= 0.6 is 0 Å². The Morgan fingerprint density at radius 1 is 1.26 bits per heavy atom. The van der Waals surface area contributed by atoms with Gasteiger partial charge in [0.25, 0.3) is 11.5 Å². The van der Waals surface area contributed by atoms with Gasteiger partial charge in [0.2, 0.25) is 0 Å². The Morgan fingerprint density at radius 2 is 1.91 bits per heavy atom. The van der Waals surface area contributed by atoms with Gasteiger partial charge in [0.1, 0.15) is 0 Å². The van der Waals surface area contributed by atoms with Crippen molar-refractivity contribution in [2.75, 3.05) is 20.6 Å². The van der Waals surface area contributed by atoms with Gasteiger partial charge in [-0.05, 0) is 32.5 Å². The zero-order valence-electron chi connectivity index (χ0n) is 14.1. The predicted octanol–water partition coefficient (Wildman–Crippen LogP) is 1.63. The van der Waals surface area contributed by atoms with E-state index < -0.39 is 0 Å². The summed E-state index contributed by atoms with van der Waals surface area (Å²) in [7, 11) is 3.96. The van der Waals surface area contributed by atoms with E-state index in [1.807, 2.05) is 19.0 Å². The molecule has 0 fully saturated rings. The zero-order valence-corrected chi connectivity index (χ0v) is 14.1. The van der Waals surface area contributed by atoms with Crippen LogP contribution in [0.15, 0.2) is 29.1 Å². The quantitative estimate of drug-likeness (QED) is 0.849. The molecule has 6 heteroatoms. The van der Waals surface area contributed by atoms with E-state index in [2.05, 4.69) is 29.4 Å². The maximum Gasteiger partial charge on any atom is 0.272 e. The molecule has 124 valence electrons. The fourth-order valence-electron chi connectivity index (χ4n) is 2.73. The number of aromatic amines is 1. The molecule has 0 saturated heterocycles. The fourth-order valence-corrected chi connectivity index (χ4v) is 2.73. The van der Waals surface area contributed by atoms with Crippen LogP contribution in [0.4, 0.5) is 0 Å². The molecular weight excluding hydrogens is 292 g/mol. The smallest absolute Gasteiger partial charge is 0.272 e. The summed E-state index contributed by atoms with van der Waals surface area (Å²) in [5.41, 5.74) is -0.0307. The first-order valence-electron chi connectivity index (χ1n) is 7.81. The van der Waals surface area contributed by atoms with Crippen molar-refractivity contribution in [3.8, 4) is 0 Å². The van der Waals surface area contributed by atoms with Gasteiger partial charge in [-0.1, -0.05) is 32.0 Å². The summed E-state index contributed by atoms with van der Waals surface area (Å²) in [5, 5.41) is 10.4. The van der Waals surface area contributed by atoms with Crippen LogP contribution in [0.25, 0.3) is 10.8 Å². The van der Waals surface area contributed by atoms with Gasteiger partial charge < -0.3 is 10.2 Å². The lowest BCUT2D eigenvalue weighted by Gasteiger charge is -2.24. The first kappa shape index (κ1) is 17.1. The number of hydrogen-bond donors (Lipinski definition) is 2. The summed E-state index contributed by atoms with van der Waals surface area (Å²) in [6.45, 7) is 5.01. The normalized spacial score (nSPS) is 12.8. The molecule has 1 atom stereocenters. The molecule has 1 aromatic carbocycles. The summed E-state index contributed by atoms with van der Waals surface area (Å²) < 4.78 is 0. The molecule has 0 radical (unpaired) electrons. The number of benzene rings is 1. The molecule has 2 N–H and O–H groups in total. The van der Waals surface area contributed by atoms with Gasteiger partial charge in [0, 0.05) is 18.0 Å². The summed E-state index contributed by atoms with van der Waals surface area (Å²) in [4.78, 5) is 26.5. The Hall–Kier alpha value is -2.21. The SMILES string of the molecule is CC(C)CC(CN(C)C)NC(=O)c1n[nH]c(=O)c2ccccc12. The lowest BCUT2D eigenvalue weighted by Crippen LogP contribution is -2.43. The van der Waals surface area contributed by atoms with Crippen LogP contribution in [-0.4, -0.2) is 47.7 Å². The lowest BCUT2D eigenvalue weighted by molar-refractivity contribution is 0.0920. The second-order valence-electron chi connectivity index (χ2n) is 6.51. The summed E-state index contributed by atoms with van der Waals surface area (Å²) >= 11 is 0. The maximum absolute atomic E-state index is 12.6. The number of rotatable bonds is 6. The first-order chi connectivity index (χ1) is 10.9. The standard InChI is InChI=1S/C17H24N4O2/c1-11(2)9-12(10-21(3)4)18-17(23)15-13-7-5-6-8-14(13)16(22)20-19-15/h5-8,11-12H,9-10H2,1-4H3,(H,18,23)(H,20,22). The number of likely N-dealkylation sites (N-methyl/N-ethyl adjacent to an activating group) is 1.